The zero-order valence-corrected chi connectivity index (χ0v) is 12.9. The molecular formula is C16H21N3O2. The third-order valence-electron chi connectivity index (χ3n) is 3.17. The van der Waals surface area contributed by atoms with E-state index >= 15 is 0 Å². The highest BCUT2D eigenvalue weighted by Gasteiger charge is 2.08. The van der Waals surface area contributed by atoms with Gasteiger partial charge in [0.2, 0.25) is 0 Å². The second kappa shape index (κ2) is 6.83. The van der Waals surface area contributed by atoms with Crippen molar-refractivity contribution in [3.05, 3.63) is 42.1 Å². The Balaban J connectivity index is 2.20. The summed E-state index contributed by atoms with van der Waals surface area (Å²) < 4.78 is 10.7. The first-order valence-corrected chi connectivity index (χ1v) is 6.73. The zero-order valence-electron chi connectivity index (χ0n) is 12.9. The van der Waals surface area contributed by atoms with Gasteiger partial charge < -0.3 is 19.7 Å². The number of hydrogen-bond donors (Lipinski definition) is 1. The van der Waals surface area contributed by atoms with Gasteiger partial charge >= 0.3 is 0 Å². The molecule has 0 bridgehead atoms. The van der Waals surface area contributed by atoms with Crippen molar-refractivity contribution in [1.82, 2.24) is 4.98 Å². The number of rotatable bonds is 6. The van der Waals surface area contributed by atoms with Crippen LogP contribution in [-0.4, -0.2) is 33.3 Å². The Bertz CT molecular complexity index is 600. The first-order chi connectivity index (χ1) is 10.2. The first-order valence-electron chi connectivity index (χ1n) is 6.73. The van der Waals surface area contributed by atoms with Crippen LogP contribution in [0.1, 0.15) is 5.56 Å². The lowest BCUT2D eigenvalue weighted by atomic mass is 10.2. The quantitative estimate of drug-likeness (QED) is 0.885. The maximum Gasteiger partial charge on any atom is 0.151 e. The highest BCUT2D eigenvalue weighted by molar-refractivity contribution is 5.65. The topological polar surface area (TPSA) is 46.6 Å². The lowest BCUT2D eigenvalue weighted by molar-refractivity contribution is 0.399. The van der Waals surface area contributed by atoms with Gasteiger partial charge in [0.1, 0.15) is 11.5 Å². The summed E-state index contributed by atoms with van der Waals surface area (Å²) in [5.41, 5.74) is 2.01. The summed E-state index contributed by atoms with van der Waals surface area (Å²) in [7, 11) is 7.27. The summed E-state index contributed by atoms with van der Waals surface area (Å²) in [6.45, 7) is 0.632. The highest BCUT2D eigenvalue weighted by Crippen LogP contribution is 2.26. The van der Waals surface area contributed by atoms with Crippen LogP contribution in [0, 0.1) is 0 Å². The van der Waals surface area contributed by atoms with Crippen molar-refractivity contribution in [2.45, 2.75) is 6.54 Å². The van der Waals surface area contributed by atoms with E-state index in [0.29, 0.717) is 6.54 Å². The fourth-order valence-electron chi connectivity index (χ4n) is 2.10. The Morgan fingerprint density at radius 1 is 1.14 bits per heavy atom. The van der Waals surface area contributed by atoms with Crippen LogP contribution >= 0.6 is 0 Å². The fourth-order valence-corrected chi connectivity index (χ4v) is 2.10. The lowest BCUT2D eigenvalue weighted by Crippen LogP contribution is -2.14. The molecule has 0 saturated heterocycles. The Morgan fingerprint density at radius 2 is 1.95 bits per heavy atom. The number of hydrogen-bond acceptors (Lipinski definition) is 5. The lowest BCUT2D eigenvalue weighted by Gasteiger charge is -2.18. The van der Waals surface area contributed by atoms with Crippen LogP contribution in [0.5, 0.6) is 11.5 Å². The summed E-state index contributed by atoms with van der Waals surface area (Å²) in [5.74, 6) is 2.55. The third-order valence-corrected chi connectivity index (χ3v) is 3.17. The van der Waals surface area contributed by atoms with Crippen molar-refractivity contribution in [1.29, 1.82) is 0 Å². The van der Waals surface area contributed by atoms with E-state index in [1.54, 1.807) is 20.4 Å². The van der Waals surface area contributed by atoms with Gasteiger partial charge in [-0.15, -0.1) is 0 Å². The van der Waals surface area contributed by atoms with Gasteiger partial charge in [0.15, 0.2) is 5.82 Å². The standard InChI is InChI=1S/C16H21N3O2/c1-19(2)16-14(6-5-9-17-16)18-11-12-10-13(20-3)7-8-15(12)21-4/h5-10,18H,11H2,1-4H3. The molecule has 21 heavy (non-hydrogen) atoms. The first kappa shape index (κ1) is 15.0. The molecule has 2 aromatic rings. The minimum absolute atomic E-state index is 0.632. The molecule has 0 saturated carbocycles. The molecule has 112 valence electrons. The number of nitrogens with one attached hydrogen (secondary N) is 1. The molecule has 2 rings (SSSR count). The van der Waals surface area contributed by atoms with Gasteiger partial charge in [0.05, 0.1) is 19.9 Å². The Labute approximate surface area is 125 Å². The Kier molecular flexibility index (Phi) is 4.87. The van der Waals surface area contributed by atoms with Crippen LogP contribution in [0.15, 0.2) is 36.5 Å². The number of aromatic nitrogens is 1. The van der Waals surface area contributed by atoms with Crippen LogP contribution in [0.25, 0.3) is 0 Å². The van der Waals surface area contributed by atoms with Crippen molar-refractivity contribution < 1.29 is 9.47 Å². The number of methoxy groups -OCH3 is 2. The Morgan fingerprint density at radius 3 is 2.62 bits per heavy atom. The molecule has 5 nitrogen and oxygen atoms in total. The molecule has 0 spiro atoms. The molecule has 0 unspecified atom stereocenters. The van der Waals surface area contributed by atoms with E-state index in [9.17, 15) is 0 Å². The number of benzene rings is 1. The van der Waals surface area contributed by atoms with Gasteiger partial charge in [-0.1, -0.05) is 0 Å². The van der Waals surface area contributed by atoms with Gasteiger partial charge in [-0.05, 0) is 30.3 Å². The molecule has 1 N–H and O–H groups in total. The maximum atomic E-state index is 5.39. The summed E-state index contributed by atoms with van der Waals surface area (Å²) in [5, 5.41) is 3.40. The SMILES string of the molecule is COc1ccc(OC)c(CNc2cccnc2N(C)C)c1. The molecule has 0 aliphatic heterocycles. The molecule has 0 amide bonds. The molecule has 0 aliphatic rings. The predicted octanol–water partition coefficient (Wildman–Crippen LogP) is 2.78. The fraction of sp³-hybridized carbons (Fsp3) is 0.312. The van der Waals surface area contributed by atoms with E-state index in [1.807, 2.05) is 49.3 Å². The van der Waals surface area contributed by atoms with Crippen molar-refractivity contribution in [3.63, 3.8) is 0 Å². The predicted molar refractivity (Wildman–Crippen MR) is 85.4 cm³/mol. The zero-order chi connectivity index (χ0) is 15.2. The summed E-state index contributed by atoms with van der Waals surface area (Å²) in [6, 6.07) is 9.69. The van der Waals surface area contributed by atoms with E-state index in [-0.39, 0.29) is 0 Å². The minimum atomic E-state index is 0.632. The molecule has 0 atom stereocenters. The van der Waals surface area contributed by atoms with Crippen molar-refractivity contribution in [2.75, 3.05) is 38.5 Å². The van der Waals surface area contributed by atoms with Crippen LogP contribution in [0.2, 0.25) is 0 Å². The smallest absolute Gasteiger partial charge is 0.151 e. The van der Waals surface area contributed by atoms with Crippen LogP contribution in [-0.2, 0) is 6.54 Å². The van der Waals surface area contributed by atoms with E-state index < -0.39 is 0 Å². The summed E-state index contributed by atoms with van der Waals surface area (Å²) >= 11 is 0. The summed E-state index contributed by atoms with van der Waals surface area (Å²) in [6.07, 6.45) is 1.78. The third kappa shape index (κ3) is 3.56. The minimum Gasteiger partial charge on any atom is -0.497 e. The largest absolute Gasteiger partial charge is 0.497 e. The van der Waals surface area contributed by atoms with Gasteiger partial charge in [0.25, 0.3) is 0 Å². The second-order valence-electron chi connectivity index (χ2n) is 4.80. The molecule has 0 fully saturated rings. The molecule has 1 aromatic heterocycles. The van der Waals surface area contributed by atoms with E-state index in [0.717, 1.165) is 28.6 Å². The monoisotopic (exact) mass is 287 g/mol. The number of nitrogens with zero attached hydrogens (tertiary/aromatic N) is 2. The average molecular weight is 287 g/mol. The molecule has 0 aliphatic carbocycles. The van der Waals surface area contributed by atoms with Crippen LogP contribution in [0.3, 0.4) is 0 Å². The maximum absolute atomic E-state index is 5.39. The van der Waals surface area contributed by atoms with Crippen LogP contribution < -0.4 is 19.7 Å². The molecule has 1 heterocycles. The number of anilines is 2. The van der Waals surface area contributed by atoms with Gasteiger partial charge in [-0.25, -0.2) is 4.98 Å². The molecule has 5 heteroatoms. The van der Waals surface area contributed by atoms with Gasteiger partial charge in [-0.2, -0.15) is 0 Å². The van der Waals surface area contributed by atoms with Crippen molar-refractivity contribution in [2.24, 2.45) is 0 Å². The van der Waals surface area contributed by atoms with Crippen molar-refractivity contribution in [3.8, 4) is 11.5 Å². The number of pyridine rings is 1. The van der Waals surface area contributed by atoms with E-state index in [2.05, 4.69) is 10.3 Å². The molecule has 0 radical (unpaired) electrons. The number of ether oxygens (including phenoxy) is 2. The normalized spacial score (nSPS) is 10.1. The molecular weight excluding hydrogens is 266 g/mol. The second-order valence-corrected chi connectivity index (χ2v) is 4.80. The summed E-state index contributed by atoms with van der Waals surface area (Å²) in [4.78, 5) is 6.35. The van der Waals surface area contributed by atoms with Gasteiger partial charge in [0, 0.05) is 32.4 Å². The highest BCUT2D eigenvalue weighted by atomic mass is 16.5. The van der Waals surface area contributed by atoms with E-state index in [1.165, 1.54) is 0 Å². The van der Waals surface area contributed by atoms with Crippen LogP contribution in [0.4, 0.5) is 11.5 Å². The van der Waals surface area contributed by atoms with Crippen molar-refractivity contribution >= 4 is 11.5 Å². The average Bonchev–Trinajstić information content (AvgIpc) is 2.52. The molecule has 1 aromatic carbocycles. The Hall–Kier alpha value is -2.43. The van der Waals surface area contributed by atoms with Gasteiger partial charge in [-0.3, -0.25) is 0 Å². The van der Waals surface area contributed by atoms with E-state index in [4.69, 9.17) is 9.47 Å².